The van der Waals surface area contributed by atoms with Gasteiger partial charge in [0.25, 0.3) is 0 Å². The number of aliphatic hydroxyl groups is 2. The van der Waals surface area contributed by atoms with Crippen LogP contribution in [-0.2, 0) is 11.3 Å². The molecule has 10 nitrogen and oxygen atoms in total. The third-order valence-electron chi connectivity index (χ3n) is 4.21. The number of rotatable bonds is 4. The van der Waals surface area contributed by atoms with Crippen molar-refractivity contribution in [3.8, 4) is 0 Å². The van der Waals surface area contributed by atoms with Gasteiger partial charge in [-0.3, -0.25) is 9.38 Å². The summed E-state index contributed by atoms with van der Waals surface area (Å²) in [7, 11) is 0. The van der Waals surface area contributed by atoms with Crippen LogP contribution in [-0.4, -0.2) is 70.0 Å². The van der Waals surface area contributed by atoms with Gasteiger partial charge in [0.2, 0.25) is 5.65 Å². The minimum Gasteiger partial charge on any atom is -0.475 e. The highest BCUT2D eigenvalue weighted by atomic mass is 32.2. The van der Waals surface area contributed by atoms with Gasteiger partial charge in [-0.15, -0.1) is 22.0 Å². The number of thioether (sulfide) groups is 1. The van der Waals surface area contributed by atoms with Gasteiger partial charge in [-0.2, -0.15) is 13.2 Å². The summed E-state index contributed by atoms with van der Waals surface area (Å²) >= 11 is 1.48. The molecule has 0 spiro atoms. The topological polar surface area (TPSA) is 146 Å². The molecular formula is C17H17F3N6O4S. The predicted molar refractivity (Wildman–Crippen MR) is 103 cm³/mol. The number of pyridine rings is 1. The summed E-state index contributed by atoms with van der Waals surface area (Å²) in [5.74, 6) is -1.04. The zero-order valence-corrected chi connectivity index (χ0v) is 16.5. The van der Waals surface area contributed by atoms with Crippen molar-refractivity contribution in [3.05, 3.63) is 48.3 Å². The van der Waals surface area contributed by atoms with Crippen molar-refractivity contribution < 1.29 is 33.3 Å². The SMILES string of the molecule is O=C(O)C(F)(F)F.O[C@@H]1[C@H](O)CS[C@H]1c1nnc2c(NCc3ccncc3)nccn12. The molecule has 4 rings (SSSR count). The van der Waals surface area contributed by atoms with Crippen molar-refractivity contribution in [2.45, 2.75) is 30.2 Å². The van der Waals surface area contributed by atoms with E-state index in [1.54, 1.807) is 29.2 Å². The molecule has 0 aliphatic carbocycles. The Morgan fingerprint density at radius 2 is 1.90 bits per heavy atom. The molecule has 1 saturated heterocycles. The third kappa shape index (κ3) is 5.39. The zero-order chi connectivity index (χ0) is 22.6. The van der Waals surface area contributed by atoms with E-state index >= 15 is 0 Å². The summed E-state index contributed by atoms with van der Waals surface area (Å²) in [5.41, 5.74) is 1.68. The van der Waals surface area contributed by atoms with Crippen molar-refractivity contribution in [3.63, 3.8) is 0 Å². The summed E-state index contributed by atoms with van der Waals surface area (Å²) in [6.07, 6.45) is 0.244. The van der Waals surface area contributed by atoms with Gasteiger partial charge < -0.3 is 20.6 Å². The number of carboxylic acids is 1. The summed E-state index contributed by atoms with van der Waals surface area (Å²) < 4.78 is 33.5. The molecule has 14 heteroatoms. The van der Waals surface area contributed by atoms with Crippen molar-refractivity contribution in [2.75, 3.05) is 11.1 Å². The maximum absolute atomic E-state index is 10.6. The number of carboxylic acid groups (broad SMARTS) is 1. The Labute approximate surface area is 177 Å². The molecule has 4 heterocycles. The lowest BCUT2D eigenvalue weighted by atomic mass is 10.1. The Bertz CT molecular complexity index is 1040. The lowest BCUT2D eigenvalue weighted by Gasteiger charge is -2.13. The van der Waals surface area contributed by atoms with E-state index in [1.807, 2.05) is 12.1 Å². The van der Waals surface area contributed by atoms with Crippen LogP contribution in [0, 0.1) is 0 Å². The summed E-state index contributed by atoms with van der Waals surface area (Å²) in [6.45, 7) is 0.594. The van der Waals surface area contributed by atoms with Gasteiger partial charge in [-0.25, -0.2) is 9.78 Å². The first kappa shape index (κ1) is 22.7. The Balaban J connectivity index is 0.000000339. The molecule has 31 heavy (non-hydrogen) atoms. The van der Waals surface area contributed by atoms with Gasteiger partial charge in [-0.05, 0) is 17.7 Å². The van der Waals surface area contributed by atoms with E-state index in [1.165, 1.54) is 11.8 Å². The summed E-state index contributed by atoms with van der Waals surface area (Å²) in [5, 5.41) is 38.4. The van der Waals surface area contributed by atoms with Gasteiger partial charge in [0, 0.05) is 37.1 Å². The minimum absolute atomic E-state index is 0.301. The molecule has 0 bridgehead atoms. The highest BCUT2D eigenvalue weighted by Gasteiger charge is 2.39. The first-order valence-electron chi connectivity index (χ1n) is 8.78. The number of aromatic nitrogens is 5. The van der Waals surface area contributed by atoms with Crippen molar-refractivity contribution in [1.29, 1.82) is 0 Å². The number of fused-ring (bicyclic) bond motifs is 1. The number of halogens is 3. The smallest absolute Gasteiger partial charge is 0.475 e. The van der Waals surface area contributed by atoms with Crippen LogP contribution in [0.5, 0.6) is 0 Å². The Morgan fingerprint density at radius 3 is 2.48 bits per heavy atom. The zero-order valence-electron chi connectivity index (χ0n) is 15.6. The number of nitrogens with zero attached hydrogens (tertiary/aromatic N) is 5. The van der Waals surface area contributed by atoms with Gasteiger partial charge in [0.15, 0.2) is 11.6 Å². The number of hydrogen-bond donors (Lipinski definition) is 4. The number of aliphatic carboxylic acids is 1. The number of carbonyl (C=O) groups is 1. The number of aliphatic hydroxyl groups excluding tert-OH is 2. The Kier molecular flexibility index (Phi) is 6.92. The predicted octanol–water partition coefficient (Wildman–Crippen LogP) is 1.27. The van der Waals surface area contributed by atoms with E-state index in [2.05, 4.69) is 25.5 Å². The maximum Gasteiger partial charge on any atom is 0.490 e. The fourth-order valence-electron chi connectivity index (χ4n) is 2.68. The molecule has 166 valence electrons. The van der Waals surface area contributed by atoms with Crippen LogP contribution in [0.15, 0.2) is 36.9 Å². The summed E-state index contributed by atoms with van der Waals surface area (Å²) in [6, 6.07) is 3.85. The van der Waals surface area contributed by atoms with Crippen LogP contribution < -0.4 is 5.32 Å². The molecule has 0 unspecified atom stereocenters. The van der Waals surface area contributed by atoms with Crippen LogP contribution in [0.2, 0.25) is 0 Å². The van der Waals surface area contributed by atoms with Crippen LogP contribution in [0.3, 0.4) is 0 Å². The minimum atomic E-state index is -5.08. The molecule has 4 N–H and O–H groups in total. The number of nitrogens with one attached hydrogen (secondary N) is 1. The number of anilines is 1. The highest BCUT2D eigenvalue weighted by Crippen LogP contribution is 2.39. The van der Waals surface area contributed by atoms with E-state index < -0.39 is 24.4 Å². The fraction of sp³-hybridized carbons (Fsp3) is 0.353. The van der Waals surface area contributed by atoms with Gasteiger partial charge in [0.05, 0.1) is 17.5 Å². The first-order valence-corrected chi connectivity index (χ1v) is 9.83. The molecule has 1 fully saturated rings. The van der Waals surface area contributed by atoms with Gasteiger partial charge >= 0.3 is 12.1 Å². The third-order valence-corrected chi connectivity index (χ3v) is 5.59. The van der Waals surface area contributed by atoms with Crippen molar-refractivity contribution >= 4 is 29.2 Å². The average molecular weight is 458 g/mol. The largest absolute Gasteiger partial charge is 0.490 e. The van der Waals surface area contributed by atoms with E-state index in [0.717, 1.165) is 5.56 Å². The Morgan fingerprint density at radius 1 is 1.23 bits per heavy atom. The lowest BCUT2D eigenvalue weighted by molar-refractivity contribution is -0.192. The molecule has 1 aliphatic rings. The summed E-state index contributed by atoms with van der Waals surface area (Å²) in [4.78, 5) is 17.2. The second kappa shape index (κ2) is 9.45. The Hall–Kier alpha value is -2.97. The van der Waals surface area contributed by atoms with E-state index in [0.29, 0.717) is 29.6 Å². The van der Waals surface area contributed by atoms with Gasteiger partial charge in [-0.1, -0.05) is 0 Å². The van der Waals surface area contributed by atoms with Gasteiger partial charge in [0.1, 0.15) is 0 Å². The molecular weight excluding hydrogens is 441 g/mol. The van der Waals surface area contributed by atoms with E-state index in [-0.39, 0.29) is 5.25 Å². The highest BCUT2D eigenvalue weighted by molar-refractivity contribution is 7.99. The quantitative estimate of drug-likeness (QED) is 0.451. The fourth-order valence-corrected chi connectivity index (χ4v) is 3.97. The maximum atomic E-state index is 10.6. The van der Waals surface area contributed by atoms with Crippen molar-refractivity contribution in [2.24, 2.45) is 0 Å². The van der Waals surface area contributed by atoms with E-state index in [4.69, 9.17) is 9.90 Å². The molecule has 0 amide bonds. The molecule has 0 radical (unpaired) electrons. The number of alkyl halides is 3. The molecule has 0 aromatic carbocycles. The monoisotopic (exact) mass is 458 g/mol. The van der Waals surface area contributed by atoms with Crippen LogP contribution in [0.4, 0.5) is 19.0 Å². The van der Waals surface area contributed by atoms with Crippen LogP contribution in [0.1, 0.15) is 16.6 Å². The van der Waals surface area contributed by atoms with Crippen molar-refractivity contribution in [1.82, 2.24) is 24.6 Å². The normalized spacial score (nSPS) is 20.9. The van der Waals surface area contributed by atoms with Crippen LogP contribution in [0.25, 0.3) is 5.65 Å². The lowest BCUT2D eigenvalue weighted by Crippen LogP contribution is -2.25. The standard InChI is InChI=1S/C15H16N6O2S.C2HF3O2/c22-10-8-24-12(11(10)23)14-19-20-15-13(17-5-6-21(14)15)18-7-9-1-3-16-4-2-9;3-2(4,5)1(6)7/h1-6,10-12,22-23H,7-8H2,(H,17,18);(H,6,7)/t10-,11-,12-;/m1./s1. The van der Waals surface area contributed by atoms with Crippen LogP contribution >= 0.6 is 11.8 Å². The first-order chi connectivity index (χ1) is 14.7. The molecule has 1 aliphatic heterocycles. The second-order valence-electron chi connectivity index (χ2n) is 6.35. The average Bonchev–Trinajstić information content (AvgIpc) is 3.30. The number of hydrogen-bond acceptors (Lipinski definition) is 9. The molecule has 3 aromatic rings. The molecule has 3 aromatic heterocycles. The second-order valence-corrected chi connectivity index (χ2v) is 7.53. The molecule has 3 atom stereocenters. The molecule has 0 saturated carbocycles. The van der Waals surface area contributed by atoms with E-state index in [9.17, 15) is 23.4 Å².